The van der Waals surface area contributed by atoms with Crippen molar-refractivity contribution < 1.29 is 22.3 Å². The second kappa shape index (κ2) is 7.44. The van der Waals surface area contributed by atoms with Crippen molar-refractivity contribution in [2.45, 2.75) is 6.92 Å². The van der Waals surface area contributed by atoms with E-state index in [0.717, 1.165) is 16.4 Å². The van der Waals surface area contributed by atoms with Gasteiger partial charge < -0.3 is 4.74 Å². The van der Waals surface area contributed by atoms with E-state index >= 15 is 0 Å². The number of rotatable bonds is 7. The lowest BCUT2D eigenvalue weighted by Crippen LogP contribution is -2.35. The standard InChI is InChI=1S/C17H18FNO4S/c1-3-19(15-8-10-16(23-2)11-9-15)24(21,22)12-17(20)13-4-6-14(18)7-5-13/h4-11H,3,12H2,1-2H3. The highest BCUT2D eigenvalue weighted by molar-refractivity contribution is 7.93. The Bertz CT molecular complexity index is 801. The van der Waals surface area contributed by atoms with Gasteiger partial charge in [0.05, 0.1) is 12.8 Å². The van der Waals surface area contributed by atoms with Crippen LogP contribution in [0.25, 0.3) is 0 Å². The number of hydrogen-bond acceptors (Lipinski definition) is 4. The molecule has 0 amide bonds. The fraction of sp³-hybridized carbons (Fsp3) is 0.235. The van der Waals surface area contributed by atoms with Gasteiger partial charge in [-0.1, -0.05) is 0 Å². The normalized spacial score (nSPS) is 11.1. The molecule has 0 aliphatic rings. The number of anilines is 1. The molecule has 7 heteroatoms. The number of halogens is 1. The largest absolute Gasteiger partial charge is 0.497 e. The molecule has 24 heavy (non-hydrogen) atoms. The Labute approximate surface area is 140 Å². The van der Waals surface area contributed by atoms with Crippen molar-refractivity contribution in [1.29, 1.82) is 0 Å². The lowest BCUT2D eigenvalue weighted by molar-refractivity contribution is 0.102. The summed E-state index contributed by atoms with van der Waals surface area (Å²) in [4.78, 5) is 12.2. The highest BCUT2D eigenvalue weighted by Gasteiger charge is 2.25. The monoisotopic (exact) mass is 351 g/mol. The number of sulfonamides is 1. The lowest BCUT2D eigenvalue weighted by atomic mass is 10.1. The van der Waals surface area contributed by atoms with Crippen LogP contribution in [-0.4, -0.2) is 33.6 Å². The van der Waals surface area contributed by atoms with Crippen molar-refractivity contribution >= 4 is 21.5 Å². The van der Waals surface area contributed by atoms with Gasteiger partial charge in [0.1, 0.15) is 17.3 Å². The van der Waals surface area contributed by atoms with Crippen LogP contribution in [0.4, 0.5) is 10.1 Å². The molecule has 0 aliphatic heterocycles. The molecule has 0 unspecified atom stereocenters. The molecule has 0 atom stereocenters. The number of benzene rings is 2. The van der Waals surface area contributed by atoms with Gasteiger partial charge in [0.2, 0.25) is 10.0 Å². The highest BCUT2D eigenvalue weighted by atomic mass is 32.2. The SMILES string of the molecule is CCN(c1ccc(OC)cc1)S(=O)(=O)CC(=O)c1ccc(F)cc1. The first-order valence-electron chi connectivity index (χ1n) is 7.30. The van der Waals surface area contributed by atoms with E-state index in [9.17, 15) is 17.6 Å². The van der Waals surface area contributed by atoms with Crippen LogP contribution in [0, 0.1) is 5.82 Å². The van der Waals surface area contributed by atoms with E-state index in [1.165, 1.54) is 19.2 Å². The molecule has 0 aliphatic carbocycles. The van der Waals surface area contributed by atoms with E-state index in [2.05, 4.69) is 0 Å². The van der Waals surface area contributed by atoms with Crippen molar-refractivity contribution in [1.82, 2.24) is 0 Å². The minimum Gasteiger partial charge on any atom is -0.497 e. The number of hydrogen-bond donors (Lipinski definition) is 0. The Balaban J connectivity index is 2.22. The summed E-state index contributed by atoms with van der Waals surface area (Å²) in [7, 11) is -2.33. The molecule has 2 aromatic carbocycles. The van der Waals surface area contributed by atoms with Crippen LogP contribution in [0.5, 0.6) is 5.75 Å². The Hall–Kier alpha value is -2.41. The number of carbonyl (C=O) groups is 1. The van der Waals surface area contributed by atoms with E-state index in [4.69, 9.17) is 4.74 Å². The number of ketones is 1. The maximum absolute atomic E-state index is 12.9. The summed E-state index contributed by atoms with van der Waals surface area (Å²) in [6.07, 6.45) is 0. The van der Waals surface area contributed by atoms with Gasteiger partial charge in [-0.15, -0.1) is 0 Å². The predicted octanol–water partition coefficient (Wildman–Crippen LogP) is 2.87. The van der Waals surface area contributed by atoms with Gasteiger partial charge in [-0.25, -0.2) is 12.8 Å². The quantitative estimate of drug-likeness (QED) is 0.720. The Morgan fingerprint density at radius 3 is 2.17 bits per heavy atom. The van der Waals surface area contributed by atoms with Gasteiger partial charge in [-0.3, -0.25) is 9.10 Å². The molecule has 128 valence electrons. The van der Waals surface area contributed by atoms with E-state index in [0.29, 0.717) is 11.4 Å². The zero-order valence-electron chi connectivity index (χ0n) is 13.4. The molecule has 0 saturated carbocycles. The number of nitrogens with zero attached hydrogens (tertiary/aromatic N) is 1. The summed E-state index contributed by atoms with van der Waals surface area (Å²) >= 11 is 0. The first-order valence-corrected chi connectivity index (χ1v) is 8.91. The zero-order chi connectivity index (χ0) is 17.7. The van der Waals surface area contributed by atoms with E-state index in [-0.39, 0.29) is 12.1 Å². The van der Waals surface area contributed by atoms with Crippen molar-refractivity contribution in [2.75, 3.05) is 23.7 Å². The summed E-state index contributed by atoms with van der Waals surface area (Å²) in [5.41, 5.74) is 0.607. The van der Waals surface area contributed by atoms with Crippen molar-refractivity contribution in [3.05, 3.63) is 59.9 Å². The maximum Gasteiger partial charge on any atom is 0.242 e. The van der Waals surface area contributed by atoms with Crippen LogP contribution in [0.15, 0.2) is 48.5 Å². The van der Waals surface area contributed by atoms with E-state index in [1.807, 2.05) is 0 Å². The molecular weight excluding hydrogens is 333 g/mol. The summed E-state index contributed by atoms with van der Waals surface area (Å²) < 4.78 is 44.2. The molecule has 0 N–H and O–H groups in total. The minimum absolute atomic E-state index is 0.158. The molecule has 0 heterocycles. The molecule has 0 radical (unpaired) electrons. The third kappa shape index (κ3) is 4.11. The van der Waals surface area contributed by atoms with Gasteiger partial charge in [0.15, 0.2) is 5.78 Å². The van der Waals surface area contributed by atoms with Crippen molar-refractivity contribution in [2.24, 2.45) is 0 Å². The van der Waals surface area contributed by atoms with Crippen LogP contribution in [0.1, 0.15) is 17.3 Å². The summed E-state index contributed by atoms with van der Waals surface area (Å²) in [5.74, 6) is -1.14. The number of methoxy groups -OCH3 is 1. The van der Waals surface area contributed by atoms with Gasteiger partial charge in [-0.2, -0.15) is 0 Å². The molecule has 0 aromatic heterocycles. The molecule has 0 spiro atoms. The molecular formula is C17H18FNO4S. The summed E-state index contributed by atoms with van der Waals surface area (Å²) in [6, 6.07) is 11.3. The van der Waals surface area contributed by atoms with Crippen LogP contribution in [-0.2, 0) is 10.0 Å². The third-order valence-corrected chi connectivity index (χ3v) is 5.23. The molecule has 2 rings (SSSR count). The minimum atomic E-state index is -3.85. The second-order valence-corrected chi connectivity index (χ2v) is 6.94. The summed E-state index contributed by atoms with van der Waals surface area (Å²) in [5, 5.41) is 0. The Kier molecular flexibility index (Phi) is 5.56. The van der Waals surface area contributed by atoms with E-state index in [1.54, 1.807) is 31.2 Å². The average molecular weight is 351 g/mol. The van der Waals surface area contributed by atoms with Crippen LogP contribution >= 0.6 is 0 Å². The van der Waals surface area contributed by atoms with Crippen LogP contribution in [0.2, 0.25) is 0 Å². The number of Topliss-reactive ketones (excluding diaryl/α,β-unsaturated/α-hetero) is 1. The molecule has 0 saturated heterocycles. The lowest BCUT2D eigenvalue weighted by Gasteiger charge is -2.22. The topological polar surface area (TPSA) is 63.7 Å². The zero-order valence-corrected chi connectivity index (χ0v) is 14.2. The first-order chi connectivity index (χ1) is 11.4. The third-order valence-electron chi connectivity index (χ3n) is 3.46. The van der Waals surface area contributed by atoms with E-state index < -0.39 is 27.4 Å². The molecule has 2 aromatic rings. The second-order valence-electron chi connectivity index (χ2n) is 5.05. The smallest absolute Gasteiger partial charge is 0.242 e. The van der Waals surface area contributed by atoms with Crippen molar-refractivity contribution in [3.63, 3.8) is 0 Å². The molecule has 0 fully saturated rings. The maximum atomic E-state index is 12.9. The Morgan fingerprint density at radius 1 is 1.08 bits per heavy atom. The average Bonchev–Trinajstić information content (AvgIpc) is 2.56. The van der Waals surface area contributed by atoms with Crippen LogP contribution in [0.3, 0.4) is 0 Å². The fourth-order valence-corrected chi connectivity index (χ4v) is 3.74. The molecule has 5 nitrogen and oxygen atoms in total. The van der Waals surface area contributed by atoms with Crippen molar-refractivity contribution in [3.8, 4) is 5.75 Å². The Morgan fingerprint density at radius 2 is 1.67 bits per heavy atom. The fourth-order valence-electron chi connectivity index (χ4n) is 2.25. The van der Waals surface area contributed by atoms with Gasteiger partial charge in [0, 0.05) is 12.1 Å². The first kappa shape index (κ1) is 17.9. The van der Waals surface area contributed by atoms with Gasteiger partial charge in [0.25, 0.3) is 0 Å². The number of carbonyl (C=O) groups excluding carboxylic acids is 1. The highest BCUT2D eigenvalue weighted by Crippen LogP contribution is 2.22. The van der Waals surface area contributed by atoms with Gasteiger partial charge in [-0.05, 0) is 55.5 Å². The molecule has 0 bridgehead atoms. The summed E-state index contributed by atoms with van der Waals surface area (Å²) in [6.45, 7) is 1.87. The predicted molar refractivity (Wildman–Crippen MR) is 90.5 cm³/mol. The van der Waals surface area contributed by atoms with Crippen LogP contribution < -0.4 is 9.04 Å². The van der Waals surface area contributed by atoms with Gasteiger partial charge >= 0.3 is 0 Å². The number of ether oxygens (including phenoxy) is 1.